The third kappa shape index (κ3) is 4.75. The van der Waals surface area contributed by atoms with Gasteiger partial charge in [0.15, 0.2) is 0 Å². The Morgan fingerprint density at radius 2 is 1.96 bits per heavy atom. The second-order valence-electron chi connectivity index (χ2n) is 6.12. The third-order valence-electron chi connectivity index (χ3n) is 4.52. The predicted molar refractivity (Wildman–Crippen MR) is 99.3 cm³/mol. The van der Waals surface area contributed by atoms with E-state index in [9.17, 15) is 4.79 Å². The van der Waals surface area contributed by atoms with Crippen LogP contribution in [-0.4, -0.2) is 30.3 Å². The molecule has 1 aliphatic carbocycles. The van der Waals surface area contributed by atoms with Crippen LogP contribution in [0.5, 0.6) is 0 Å². The van der Waals surface area contributed by atoms with Gasteiger partial charge in [-0.3, -0.25) is 4.79 Å². The molecule has 126 valence electrons. The minimum atomic E-state index is -0.269. The maximum absolute atomic E-state index is 12.8. The summed E-state index contributed by atoms with van der Waals surface area (Å²) in [4.78, 5) is 14.0. The first kappa shape index (κ1) is 18.4. The number of hydrogen-bond donors (Lipinski definition) is 2. The quantitative estimate of drug-likeness (QED) is 0.796. The highest BCUT2D eigenvalue weighted by molar-refractivity contribution is 8.01. The first-order chi connectivity index (χ1) is 10.8. The monoisotopic (exact) mass is 352 g/mol. The molecule has 3 rings (SSSR count). The highest BCUT2D eigenvalue weighted by atomic mass is 35.5. The van der Waals surface area contributed by atoms with Crippen molar-refractivity contribution in [2.75, 3.05) is 19.6 Å². The minimum Gasteiger partial charge on any atom is -0.351 e. The molecule has 1 fully saturated rings. The van der Waals surface area contributed by atoms with Gasteiger partial charge in [0.05, 0.1) is 4.75 Å². The first-order valence-electron chi connectivity index (χ1n) is 8.19. The van der Waals surface area contributed by atoms with Crippen molar-refractivity contribution in [2.24, 2.45) is 0 Å². The fraction of sp³-hybridized carbons (Fsp3) is 0.500. The van der Waals surface area contributed by atoms with E-state index < -0.39 is 0 Å². The highest BCUT2D eigenvalue weighted by Crippen LogP contribution is 2.45. The van der Waals surface area contributed by atoms with E-state index >= 15 is 0 Å². The molecule has 0 atom stereocenters. The predicted octanol–water partition coefficient (Wildman–Crippen LogP) is 3.55. The Balaban J connectivity index is 0.00000192. The van der Waals surface area contributed by atoms with Crippen LogP contribution in [0.25, 0.3) is 0 Å². The summed E-state index contributed by atoms with van der Waals surface area (Å²) in [5.41, 5.74) is 1.35. The number of benzene rings is 1. The number of amides is 1. The Morgan fingerprint density at radius 1 is 1.22 bits per heavy atom. The fourth-order valence-corrected chi connectivity index (χ4v) is 4.62. The van der Waals surface area contributed by atoms with Gasteiger partial charge in [0.25, 0.3) is 0 Å². The summed E-state index contributed by atoms with van der Waals surface area (Å²) in [7, 11) is 0. The van der Waals surface area contributed by atoms with E-state index in [4.69, 9.17) is 0 Å². The van der Waals surface area contributed by atoms with Gasteiger partial charge in [-0.2, -0.15) is 0 Å². The van der Waals surface area contributed by atoms with Gasteiger partial charge in [-0.1, -0.05) is 42.7 Å². The summed E-state index contributed by atoms with van der Waals surface area (Å²) in [5, 5.41) is 6.50. The number of carbonyl (C=O) groups is 1. The van der Waals surface area contributed by atoms with Crippen LogP contribution in [0.4, 0.5) is 0 Å². The van der Waals surface area contributed by atoms with Gasteiger partial charge in [-0.25, -0.2) is 0 Å². The van der Waals surface area contributed by atoms with Crippen molar-refractivity contribution in [1.29, 1.82) is 0 Å². The maximum atomic E-state index is 12.8. The highest BCUT2D eigenvalue weighted by Gasteiger charge is 2.42. The zero-order chi connectivity index (χ0) is 15.3. The van der Waals surface area contributed by atoms with Gasteiger partial charge in [0.2, 0.25) is 5.91 Å². The van der Waals surface area contributed by atoms with Crippen LogP contribution < -0.4 is 10.6 Å². The molecule has 0 aromatic heterocycles. The molecule has 1 aliphatic heterocycles. The average molecular weight is 353 g/mol. The van der Waals surface area contributed by atoms with Crippen molar-refractivity contribution >= 4 is 30.1 Å². The molecule has 23 heavy (non-hydrogen) atoms. The molecule has 2 N–H and O–H groups in total. The van der Waals surface area contributed by atoms with Crippen molar-refractivity contribution in [3.8, 4) is 0 Å². The third-order valence-corrected chi connectivity index (χ3v) is 6.01. The molecular weight excluding hydrogens is 328 g/mol. The number of nitrogens with one attached hydrogen (secondary N) is 2. The van der Waals surface area contributed by atoms with E-state index in [1.54, 1.807) is 11.8 Å². The number of rotatable bonds is 5. The zero-order valence-corrected chi connectivity index (χ0v) is 15.0. The van der Waals surface area contributed by atoms with E-state index in [-0.39, 0.29) is 23.1 Å². The Bertz CT molecular complexity index is 541. The summed E-state index contributed by atoms with van der Waals surface area (Å²) >= 11 is 1.75. The molecule has 0 bridgehead atoms. The smallest absolute Gasteiger partial charge is 0.236 e. The van der Waals surface area contributed by atoms with Crippen LogP contribution in [0, 0.1) is 0 Å². The second-order valence-corrected chi connectivity index (χ2v) is 7.57. The summed E-state index contributed by atoms with van der Waals surface area (Å²) in [5.74, 6) is 0.221. The summed E-state index contributed by atoms with van der Waals surface area (Å²) in [6.45, 7) is 2.65. The molecule has 1 amide bonds. The van der Waals surface area contributed by atoms with Crippen molar-refractivity contribution in [3.63, 3.8) is 0 Å². The van der Waals surface area contributed by atoms with Crippen molar-refractivity contribution in [3.05, 3.63) is 42.0 Å². The lowest BCUT2D eigenvalue weighted by Gasteiger charge is -2.27. The molecule has 0 spiro atoms. The molecule has 1 heterocycles. The largest absolute Gasteiger partial charge is 0.351 e. The summed E-state index contributed by atoms with van der Waals surface area (Å²) in [6, 6.07) is 10.3. The van der Waals surface area contributed by atoms with E-state index in [0.717, 1.165) is 45.2 Å². The molecule has 0 unspecified atom stereocenters. The molecule has 2 aliphatic rings. The van der Waals surface area contributed by atoms with Crippen LogP contribution in [0.15, 0.2) is 46.9 Å². The van der Waals surface area contributed by atoms with E-state index in [1.807, 2.05) is 18.2 Å². The number of hydrogen-bond acceptors (Lipinski definition) is 3. The molecular formula is C18H25ClN2OS. The van der Waals surface area contributed by atoms with Crippen LogP contribution in [0.3, 0.4) is 0 Å². The lowest BCUT2D eigenvalue weighted by molar-refractivity contribution is -0.123. The van der Waals surface area contributed by atoms with Gasteiger partial charge in [-0.15, -0.1) is 24.2 Å². The molecule has 3 nitrogen and oxygen atoms in total. The molecule has 1 aromatic rings. The first-order valence-corrected chi connectivity index (χ1v) is 9.01. The normalized spacial score (nSPS) is 19.6. The van der Waals surface area contributed by atoms with Crippen molar-refractivity contribution in [2.45, 2.75) is 41.7 Å². The van der Waals surface area contributed by atoms with Crippen LogP contribution in [0.2, 0.25) is 0 Å². The fourth-order valence-electron chi connectivity index (χ4n) is 3.22. The lowest BCUT2D eigenvalue weighted by Crippen LogP contribution is -2.43. The summed E-state index contributed by atoms with van der Waals surface area (Å²) < 4.78 is -0.269. The Labute approximate surface area is 149 Å². The Kier molecular flexibility index (Phi) is 7.00. The average Bonchev–Trinajstić information content (AvgIpc) is 3.04. The molecule has 5 heteroatoms. The summed E-state index contributed by atoms with van der Waals surface area (Å²) in [6.07, 6.45) is 7.52. The SMILES string of the molecule is Cl.O=C(NCC1=CCNCC1)C1(Sc2ccccc2)CCCC1. The molecule has 0 radical (unpaired) electrons. The zero-order valence-electron chi connectivity index (χ0n) is 13.3. The van der Waals surface area contributed by atoms with Gasteiger partial charge < -0.3 is 10.6 Å². The number of carbonyl (C=O) groups excluding carboxylic acids is 1. The van der Waals surface area contributed by atoms with Crippen molar-refractivity contribution < 1.29 is 4.79 Å². The number of halogens is 1. The van der Waals surface area contributed by atoms with Gasteiger partial charge >= 0.3 is 0 Å². The topological polar surface area (TPSA) is 41.1 Å². The lowest BCUT2D eigenvalue weighted by atomic mass is 10.1. The van der Waals surface area contributed by atoms with Crippen LogP contribution >= 0.6 is 24.2 Å². The van der Waals surface area contributed by atoms with Gasteiger partial charge in [0, 0.05) is 18.0 Å². The van der Waals surface area contributed by atoms with Crippen molar-refractivity contribution in [1.82, 2.24) is 10.6 Å². The molecule has 1 saturated carbocycles. The van der Waals surface area contributed by atoms with Crippen LogP contribution in [-0.2, 0) is 4.79 Å². The van der Waals surface area contributed by atoms with E-state index in [1.165, 1.54) is 10.5 Å². The van der Waals surface area contributed by atoms with Gasteiger partial charge in [0.1, 0.15) is 0 Å². The Morgan fingerprint density at radius 3 is 2.61 bits per heavy atom. The van der Waals surface area contributed by atoms with Crippen LogP contribution in [0.1, 0.15) is 32.1 Å². The molecule has 0 saturated heterocycles. The minimum absolute atomic E-state index is 0. The van der Waals surface area contributed by atoms with E-state index in [0.29, 0.717) is 6.54 Å². The maximum Gasteiger partial charge on any atom is 0.236 e. The standard InChI is InChI=1S/C18H24N2OS.ClH/c21-17(20-14-15-8-12-19-13-9-15)18(10-4-5-11-18)22-16-6-2-1-3-7-16;/h1-3,6-8,19H,4-5,9-14H2,(H,20,21);1H. The number of thioether (sulfide) groups is 1. The van der Waals surface area contributed by atoms with E-state index in [2.05, 4.69) is 28.8 Å². The molecule has 1 aromatic carbocycles. The second kappa shape index (κ2) is 8.76. The van der Waals surface area contributed by atoms with Gasteiger partial charge in [-0.05, 0) is 37.9 Å². The Hall–Kier alpha value is -0.970.